The molecule has 126 valence electrons. The summed E-state index contributed by atoms with van der Waals surface area (Å²) in [5.74, 6) is -1.27. The van der Waals surface area contributed by atoms with Gasteiger partial charge in [0.25, 0.3) is 5.91 Å². The Balaban J connectivity index is 1.64. The van der Waals surface area contributed by atoms with Crippen molar-refractivity contribution in [1.82, 2.24) is 5.32 Å². The second kappa shape index (κ2) is 9.03. The zero-order chi connectivity index (χ0) is 17.4. The number of rotatable bonds is 7. The van der Waals surface area contributed by atoms with E-state index in [-0.39, 0.29) is 24.8 Å². The molecule has 0 heterocycles. The van der Waals surface area contributed by atoms with Gasteiger partial charge in [0.05, 0.1) is 6.42 Å². The van der Waals surface area contributed by atoms with Crippen molar-refractivity contribution in [3.63, 3.8) is 0 Å². The van der Waals surface area contributed by atoms with Gasteiger partial charge in [-0.25, -0.2) is 4.39 Å². The molecule has 0 bridgehead atoms. The molecule has 24 heavy (non-hydrogen) atoms. The van der Waals surface area contributed by atoms with Crippen molar-refractivity contribution in [2.45, 2.75) is 12.8 Å². The van der Waals surface area contributed by atoms with Crippen LogP contribution in [0.4, 0.5) is 4.39 Å². The lowest BCUT2D eigenvalue weighted by Crippen LogP contribution is -2.30. The van der Waals surface area contributed by atoms with Crippen LogP contribution in [0.3, 0.4) is 0 Å². The summed E-state index contributed by atoms with van der Waals surface area (Å²) in [4.78, 5) is 23.3. The molecule has 2 aromatic rings. The van der Waals surface area contributed by atoms with Gasteiger partial charge in [-0.3, -0.25) is 9.59 Å². The Hall–Kier alpha value is -2.40. The van der Waals surface area contributed by atoms with E-state index in [0.29, 0.717) is 23.6 Å². The average Bonchev–Trinajstić information content (AvgIpc) is 2.57. The lowest BCUT2D eigenvalue weighted by atomic mass is 10.1. The summed E-state index contributed by atoms with van der Waals surface area (Å²) >= 11 is 5.80. The zero-order valence-electron chi connectivity index (χ0n) is 12.9. The molecule has 6 heteroatoms. The number of nitrogens with one attached hydrogen (secondary N) is 1. The first-order valence-corrected chi connectivity index (χ1v) is 7.82. The molecule has 2 aromatic carbocycles. The topological polar surface area (TPSA) is 55.4 Å². The molecule has 0 fully saturated rings. The van der Waals surface area contributed by atoms with Crippen molar-refractivity contribution in [1.29, 1.82) is 0 Å². The third kappa shape index (κ3) is 6.38. The molecule has 0 saturated carbocycles. The summed E-state index contributed by atoms with van der Waals surface area (Å²) in [6.45, 7) is 0.108. The number of carbonyl (C=O) groups excluding carboxylic acids is 2. The van der Waals surface area contributed by atoms with Crippen LogP contribution in [-0.2, 0) is 27.2 Å². The SMILES string of the molecule is O=C(COC(=O)Cc1ccc(F)cc1)NCCc1ccc(Cl)cc1. The highest BCUT2D eigenvalue weighted by Crippen LogP contribution is 2.09. The van der Waals surface area contributed by atoms with E-state index in [2.05, 4.69) is 5.32 Å². The normalized spacial score (nSPS) is 10.2. The van der Waals surface area contributed by atoms with Crippen LogP contribution in [0.1, 0.15) is 11.1 Å². The molecular weight excluding hydrogens is 333 g/mol. The highest BCUT2D eigenvalue weighted by molar-refractivity contribution is 6.30. The minimum absolute atomic E-state index is 0.00165. The number of benzene rings is 2. The lowest BCUT2D eigenvalue weighted by Gasteiger charge is -2.07. The van der Waals surface area contributed by atoms with Crippen molar-refractivity contribution in [2.75, 3.05) is 13.2 Å². The monoisotopic (exact) mass is 349 g/mol. The Kier molecular flexibility index (Phi) is 6.75. The highest BCUT2D eigenvalue weighted by Gasteiger charge is 2.08. The van der Waals surface area contributed by atoms with Crippen molar-refractivity contribution in [2.24, 2.45) is 0 Å². The quantitative estimate of drug-likeness (QED) is 0.782. The first-order valence-electron chi connectivity index (χ1n) is 7.44. The Labute approximate surface area is 144 Å². The molecule has 0 aromatic heterocycles. The molecule has 4 nitrogen and oxygen atoms in total. The van der Waals surface area contributed by atoms with Crippen molar-refractivity contribution < 1.29 is 18.7 Å². The van der Waals surface area contributed by atoms with Gasteiger partial charge in [0.2, 0.25) is 0 Å². The van der Waals surface area contributed by atoms with Crippen LogP contribution in [-0.4, -0.2) is 25.0 Å². The molecule has 0 atom stereocenters. The Morgan fingerprint density at radius 2 is 1.62 bits per heavy atom. The minimum Gasteiger partial charge on any atom is -0.455 e. The smallest absolute Gasteiger partial charge is 0.310 e. The van der Waals surface area contributed by atoms with Crippen LogP contribution in [0, 0.1) is 5.82 Å². The summed E-state index contributed by atoms with van der Waals surface area (Å²) in [6, 6.07) is 12.9. The molecule has 0 unspecified atom stereocenters. The molecule has 0 saturated heterocycles. The summed E-state index contributed by atoms with van der Waals surface area (Å²) in [7, 11) is 0. The van der Waals surface area contributed by atoms with Gasteiger partial charge in [0, 0.05) is 11.6 Å². The van der Waals surface area contributed by atoms with Gasteiger partial charge in [-0.05, 0) is 41.8 Å². The van der Waals surface area contributed by atoms with E-state index < -0.39 is 5.97 Å². The van der Waals surface area contributed by atoms with Crippen LogP contribution < -0.4 is 5.32 Å². The molecular formula is C18H17ClFNO3. The van der Waals surface area contributed by atoms with E-state index in [1.165, 1.54) is 24.3 Å². The fourth-order valence-electron chi connectivity index (χ4n) is 2.01. The molecule has 0 spiro atoms. The number of amides is 1. The molecule has 0 radical (unpaired) electrons. The van der Waals surface area contributed by atoms with Crippen LogP contribution in [0.15, 0.2) is 48.5 Å². The first kappa shape index (κ1) is 17.9. The number of carbonyl (C=O) groups is 2. The van der Waals surface area contributed by atoms with Gasteiger partial charge in [-0.2, -0.15) is 0 Å². The second-order valence-corrected chi connectivity index (χ2v) is 5.63. The summed E-state index contributed by atoms with van der Waals surface area (Å²) in [5, 5.41) is 3.34. The Morgan fingerprint density at radius 1 is 1.00 bits per heavy atom. The van der Waals surface area contributed by atoms with E-state index in [1.807, 2.05) is 12.1 Å². The molecule has 2 rings (SSSR count). The predicted octanol–water partition coefficient (Wildman–Crippen LogP) is 2.92. The molecule has 0 aliphatic rings. The van der Waals surface area contributed by atoms with E-state index >= 15 is 0 Å². The fourth-order valence-corrected chi connectivity index (χ4v) is 2.14. The highest BCUT2D eigenvalue weighted by atomic mass is 35.5. The van der Waals surface area contributed by atoms with E-state index in [1.54, 1.807) is 12.1 Å². The van der Waals surface area contributed by atoms with Gasteiger partial charge >= 0.3 is 5.97 Å². The maximum atomic E-state index is 12.8. The zero-order valence-corrected chi connectivity index (χ0v) is 13.7. The number of halogens is 2. The van der Waals surface area contributed by atoms with Crippen LogP contribution in [0.25, 0.3) is 0 Å². The van der Waals surface area contributed by atoms with E-state index in [9.17, 15) is 14.0 Å². The Bertz CT molecular complexity index is 686. The van der Waals surface area contributed by atoms with Gasteiger partial charge in [0.1, 0.15) is 5.82 Å². The largest absolute Gasteiger partial charge is 0.455 e. The lowest BCUT2D eigenvalue weighted by molar-refractivity contribution is -0.147. The van der Waals surface area contributed by atoms with Gasteiger partial charge in [0.15, 0.2) is 6.61 Å². The Morgan fingerprint density at radius 3 is 2.29 bits per heavy atom. The van der Waals surface area contributed by atoms with E-state index in [0.717, 1.165) is 5.56 Å². The fraction of sp³-hybridized carbons (Fsp3) is 0.222. The van der Waals surface area contributed by atoms with Gasteiger partial charge in [-0.1, -0.05) is 35.9 Å². The number of ether oxygens (including phenoxy) is 1. The number of hydrogen-bond acceptors (Lipinski definition) is 3. The van der Waals surface area contributed by atoms with Gasteiger partial charge < -0.3 is 10.1 Å². The van der Waals surface area contributed by atoms with Crippen molar-refractivity contribution in [3.05, 3.63) is 70.5 Å². The van der Waals surface area contributed by atoms with E-state index in [4.69, 9.17) is 16.3 Å². The predicted molar refractivity (Wildman–Crippen MR) is 89.2 cm³/mol. The number of hydrogen-bond donors (Lipinski definition) is 1. The molecule has 0 aliphatic carbocycles. The van der Waals surface area contributed by atoms with Gasteiger partial charge in [-0.15, -0.1) is 0 Å². The first-order chi connectivity index (χ1) is 11.5. The third-order valence-corrected chi connectivity index (χ3v) is 3.53. The second-order valence-electron chi connectivity index (χ2n) is 5.19. The van der Waals surface area contributed by atoms with Crippen LogP contribution >= 0.6 is 11.6 Å². The summed E-state index contributed by atoms with van der Waals surface area (Å²) in [5.41, 5.74) is 1.68. The maximum absolute atomic E-state index is 12.8. The molecule has 1 amide bonds. The summed E-state index contributed by atoms with van der Waals surface area (Å²) in [6.07, 6.45) is 0.658. The molecule has 1 N–H and O–H groups in total. The van der Waals surface area contributed by atoms with Crippen LogP contribution in [0.5, 0.6) is 0 Å². The summed E-state index contributed by atoms with van der Waals surface area (Å²) < 4.78 is 17.7. The standard InChI is InChI=1S/C18H17ClFNO3/c19-15-5-1-13(2-6-15)9-10-21-17(22)12-24-18(23)11-14-3-7-16(20)8-4-14/h1-8H,9-12H2,(H,21,22). The van der Waals surface area contributed by atoms with Crippen LogP contribution in [0.2, 0.25) is 5.02 Å². The average molecular weight is 350 g/mol. The van der Waals surface area contributed by atoms with Crippen molar-refractivity contribution >= 4 is 23.5 Å². The molecule has 0 aliphatic heterocycles. The van der Waals surface area contributed by atoms with Crippen molar-refractivity contribution in [3.8, 4) is 0 Å². The minimum atomic E-state index is -0.533. The third-order valence-electron chi connectivity index (χ3n) is 3.28. The maximum Gasteiger partial charge on any atom is 0.310 e. The number of esters is 1.